The molecule has 0 unspecified atom stereocenters. The largest absolute Gasteiger partial charge is 0.434 e. The van der Waals surface area contributed by atoms with Crippen molar-refractivity contribution in [1.82, 2.24) is 0 Å². The van der Waals surface area contributed by atoms with Gasteiger partial charge in [0.2, 0.25) is 6.29 Å². The lowest BCUT2D eigenvalue weighted by Gasteiger charge is -2.30. The molecule has 5 atom stereocenters. The van der Waals surface area contributed by atoms with E-state index in [2.05, 4.69) is 27.7 Å². The molecule has 0 amide bonds. The van der Waals surface area contributed by atoms with Crippen molar-refractivity contribution >= 4 is 12.3 Å². The lowest BCUT2D eigenvalue weighted by molar-refractivity contribution is -0.177. The van der Waals surface area contributed by atoms with E-state index in [1.54, 1.807) is 0 Å². The van der Waals surface area contributed by atoms with Crippen LogP contribution in [0.2, 0.25) is 0 Å². The third-order valence-electron chi connectivity index (χ3n) is 7.39. The molecular weight excluding hydrogens is 316 g/mol. The minimum atomic E-state index is -0.568. The van der Waals surface area contributed by atoms with Crippen molar-refractivity contribution in [2.75, 3.05) is 6.61 Å². The highest BCUT2D eigenvalue weighted by Gasteiger charge is 2.85. The van der Waals surface area contributed by atoms with E-state index in [1.807, 2.05) is 0 Å². The van der Waals surface area contributed by atoms with Gasteiger partial charge in [0.15, 0.2) is 0 Å². The number of aldehydes is 1. The van der Waals surface area contributed by atoms with Gasteiger partial charge in [0.1, 0.15) is 6.29 Å². The van der Waals surface area contributed by atoms with Crippen molar-refractivity contribution in [3.8, 4) is 0 Å². The van der Waals surface area contributed by atoms with Crippen LogP contribution in [0.5, 0.6) is 0 Å². The standard InChI is InChI=1S/C21H30O4/c1-5-13(2)6-7-24-18-21-12-20(21,17(23)25-18)9-14-8-19(3,4)10-15(14)16(21)11-22/h11,13-14,18H,5-10,12H2,1-4H3/t13-,14-,18-,20+,21+/m0/s1. The van der Waals surface area contributed by atoms with Crippen LogP contribution in [-0.4, -0.2) is 25.2 Å². The van der Waals surface area contributed by atoms with Crippen LogP contribution in [0.15, 0.2) is 11.1 Å². The Balaban J connectivity index is 1.63. The maximum atomic E-state index is 12.7. The first-order valence-corrected chi connectivity index (χ1v) is 9.81. The van der Waals surface area contributed by atoms with Gasteiger partial charge in [-0.2, -0.15) is 0 Å². The molecule has 4 nitrogen and oxygen atoms in total. The van der Waals surface area contributed by atoms with Gasteiger partial charge in [0.25, 0.3) is 0 Å². The van der Waals surface area contributed by atoms with Crippen LogP contribution >= 0.6 is 0 Å². The Hall–Kier alpha value is -1.16. The Bertz CT molecular complexity index is 648. The summed E-state index contributed by atoms with van der Waals surface area (Å²) in [4.78, 5) is 24.8. The van der Waals surface area contributed by atoms with E-state index in [0.717, 1.165) is 50.4 Å². The predicted molar refractivity (Wildman–Crippen MR) is 93.6 cm³/mol. The van der Waals surface area contributed by atoms with Crippen molar-refractivity contribution < 1.29 is 19.1 Å². The highest BCUT2D eigenvalue weighted by molar-refractivity contribution is 5.93. The summed E-state index contributed by atoms with van der Waals surface area (Å²) in [5.74, 6) is 0.815. The van der Waals surface area contributed by atoms with Crippen molar-refractivity contribution in [3.05, 3.63) is 11.1 Å². The van der Waals surface area contributed by atoms with Crippen molar-refractivity contribution in [1.29, 1.82) is 0 Å². The van der Waals surface area contributed by atoms with E-state index in [9.17, 15) is 9.59 Å². The van der Waals surface area contributed by atoms with Gasteiger partial charge in [-0.05, 0) is 49.4 Å². The number of fused-ring (bicyclic) bond motifs is 1. The summed E-state index contributed by atoms with van der Waals surface area (Å²) in [6.07, 6.45) is 6.11. The first kappa shape index (κ1) is 17.3. The fraction of sp³-hybridized carbons (Fsp3) is 0.810. The van der Waals surface area contributed by atoms with E-state index in [-0.39, 0.29) is 11.4 Å². The summed E-state index contributed by atoms with van der Waals surface area (Å²) in [5.41, 5.74) is 1.35. The molecule has 0 bridgehead atoms. The second-order valence-corrected chi connectivity index (χ2v) is 9.64. The molecule has 0 radical (unpaired) electrons. The number of hydrogen-bond donors (Lipinski definition) is 0. The molecule has 0 aromatic carbocycles. The van der Waals surface area contributed by atoms with Crippen LogP contribution in [0, 0.1) is 28.1 Å². The van der Waals surface area contributed by atoms with Gasteiger partial charge in [-0.1, -0.05) is 39.7 Å². The zero-order chi connectivity index (χ0) is 18.0. The third kappa shape index (κ3) is 2.22. The SMILES string of the molecule is CC[C@H](C)CCO[C@H]1OC(=O)[C@]23C[C@@H]4CC(C)(C)CC4=C(C=O)[C@]12C3. The predicted octanol–water partition coefficient (Wildman–Crippen LogP) is 4.03. The number of rotatable bonds is 6. The molecular formula is C21H30O4. The Morgan fingerprint density at radius 3 is 2.80 bits per heavy atom. The maximum absolute atomic E-state index is 12.7. The summed E-state index contributed by atoms with van der Waals surface area (Å²) in [6, 6.07) is 0. The van der Waals surface area contributed by atoms with Crippen LogP contribution in [0.25, 0.3) is 0 Å². The van der Waals surface area contributed by atoms with Crippen LogP contribution in [0.3, 0.4) is 0 Å². The van der Waals surface area contributed by atoms with E-state index in [4.69, 9.17) is 9.47 Å². The van der Waals surface area contributed by atoms with Crippen molar-refractivity contribution in [2.45, 2.75) is 72.5 Å². The van der Waals surface area contributed by atoms with Crippen molar-refractivity contribution in [2.24, 2.45) is 28.1 Å². The fourth-order valence-electron chi connectivity index (χ4n) is 5.80. The number of esters is 1. The Kier molecular flexibility index (Phi) is 3.74. The molecule has 3 fully saturated rings. The molecule has 25 heavy (non-hydrogen) atoms. The Morgan fingerprint density at radius 2 is 2.12 bits per heavy atom. The lowest BCUT2D eigenvalue weighted by Crippen LogP contribution is -2.33. The highest BCUT2D eigenvalue weighted by atomic mass is 16.7. The first-order chi connectivity index (χ1) is 11.8. The third-order valence-corrected chi connectivity index (χ3v) is 7.39. The summed E-state index contributed by atoms with van der Waals surface area (Å²) >= 11 is 0. The van der Waals surface area contributed by atoms with Gasteiger partial charge in [-0.25, -0.2) is 0 Å². The molecule has 2 saturated carbocycles. The van der Waals surface area contributed by atoms with Crippen LogP contribution in [0.1, 0.15) is 66.2 Å². The molecule has 4 rings (SSSR count). The maximum Gasteiger partial charge on any atom is 0.315 e. The van der Waals surface area contributed by atoms with Gasteiger partial charge >= 0.3 is 5.97 Å². The van der Waals surface area contributed by atoms with Gasteiger partial charge in [-0.15, -0.1) is 0 Å². The molecule has 0 aromatic rings. The average Bonchev–Trinajstić information content (AvgIpc) is 3.06. The number of cyclic esters (lactones) is 1. The van der Waals surface area contributed by atoms with Crippen LogP contribution in [0.4, 0.5) is 0 Å². The van der Waals surface area contributed by atoms with Gasteiger partial charge in [-0.3, -0.25) is 9.59 Å². The smallest absolute Gasteiger partial charge is 0.315 e. The second kappa shape index (κ2) is 5.42. The monoisotopic (exact) mass is 346 g/mol. The van der Waals surface area contributed by atoms with Gasteiger partial charge in [0, 0.05) is 5.57 Å². The Morgan fingerprint density at radius 1 is 1.36 bits per heavy atom. The molecule has 0 aromatic heterocycles. The van der Waals surface area contributed by atoms with E-state index in [1.165, 1.54) is 5.57 Å². The molecule has 0 N–H and O–H groups in total. The first-order valence-electron chi connectivity index (χ1n) is 9.81. The van der Waals surface area contributed by atoms with E-state index >= 15 is 0 Å². The molecule has 4 heteroatoms. The van der Waals surface area contributed by atoms with Gasteiger partial charge < -0.3 is 9.47 Å². The Labute approximate surface area is 150 Å². The van der Waals surface area contributed by atoms with E-state index in [0.29, 0.717) is 18.4 Å². The molecule has 0 spiro atoms. The number of carbonyl (C=O) groups excluding carboxylic acids is 2. The molecule has 3 aliphatic carbocycles. The number of allylic oxidation sites excluding steroid dienone is 1. The number of carbonyl (C=O) groups is 2. The summed E-state index contributed by atoms with van der Waals surface area (Å²) in [5, 5.41) is 0. The zero-order valence-electron chi connectivity index (χ0n) is 15.9. The second-order valence-electron chi connectivity index (χ2n) is 9.64. The van der Waals surface area contributed by atoms with Crippen LogP contribution in [-0.2, 0) is 19.1 Å². The van der Waals surface area contributed by atoms with Crippen molar-refractivity contribution in [3.63, 3.8) is 0 Å². The van der Waals surface area contributed by atoms with Gasteiger partial charge in [0.05, 0.1) is 17.4 Å². The topological polar surface area (TPSA) is 52.6 Å². The molecule has 1 aliphatic heterocycles. The van der Waals surface area contributed by atoms with Crippen LogP contribution < -0.4 is 0 Å². The molecule has 4 aliphatic rings. The highest BCUT2D eigenvalue weighted by Crippen LogP contribution is 2.80. The number of hydrogen-bond acceptors (Lipinski definition) is 4. The molecule has 1 saturated heterocycles. The number of ether oxygens (including phenoxy) is 2. The molecule has 1 heterocycles. The average molecular weight is 346 g/mol. The minimum absolute atomic E-state index is 0.135. The summed E-state index contributed by atoms with van der Waals surface area (Å²) < 4.78 is 11.7. The normalized spacial score (nSPS) is 41.7. The quantitative estimate of drug-likeness (QED) is 0.538. The fourth-order valence-corrected chi connectivity index (χ4v) is 5.80. The minimum Gasteiger partial charge on any atom is -0.434 e. The lowest BCUT2D eigenvalue weighted by atomic mass is 9.72. The van der Waals surface area contributed by atoms with E-state index < -0.39 is 17.1 Å². The zero-order valence-corrected chi connectivity index (χ0v) is 15.9. The molecule has 138 valence electrons. The summed E-state index contributed by atoms with van der Waals surface area (Å²) in [7, 11) is 0. The summed E-state index contributed by atoms with van der Waals surface area (Å²) in [6.45, 7) is 9.48.